The molecule has 2 N–H and O–H groups in total. The summed E-state index contributed by atoms with van der Waals surface area (Å²) in [6, 6.07) is 10.0. The largest absolute Gasteiger partial charge is 0.457 e. The van der Waals surface area contributed by atoms with Gasteiger partial charge in [0.05, 0.1) is 4.47 Å². The van der Waals surface area contributed by atoms with E-state index in [0.29, 0.717) is 16.0 Å². The Morgan fingerprint density at radius 3 is 2.53 bits per heavy atom. The van der Waals surface area contributed by atoms with Gasteiger partial charge in [-0.25, -0.2) is 4.39 Å². The Bertz CT molecular complexity index is 602. The van der Waals surface area contributed by atoms with Crippen LogP contribution in [0.4, 0.5) is 4.39 Å². The van der Waals surface area contributed by atoms with Crippen molar-refractivity contribution in [2.45, 2.75) is 13.0 Å². The summed E-state index contributed by atoms with van der Waals surface area (Å²) in [7, 11) is 0. The molecule has 0 saturated carbocycles. The van der Waals surface area contributed by atoms with Gasteiger partial charge in [0.1, 0.15) is 17.3 Å². The third-order valence-corrected chi connectivity index (χ3v) is 3.69. The van der Waals surface area contributed by atoms with Crippen molar-refractivity contribution in [3.05, 3.63) is 56.7 Å². The summed E-state index contributed by atoms with van der Waals surface area (Å²) in [6.45, 7) is 1.89. The first-order valence-corrected chi connectivity index (χ1v) is 7.24. The minimum Gasteiger partial charge on any atom is -0.457 e. The monoisotopic (exact) mass is 387 g/mol. The van der Waals surface area contributed by atoms with Crippen LogP contribution in [0.2, 0.25) is 0 Å². The highest BCUT2D eigenvalue weighted by atomic mass is 79.9. The normalized spacial score (nSPS) is 12.3. The molecule has 100 valence electrons. The number of rotatable bonds is 3. The molecule has 2 rings (SSSR count). The fourth-order valence-electron chi connectivity index (χ4n) is 1.64. The average molecular weight is 389 g/mol. The Kier molecular flexibility index (Phi) is 4.60. The fraction of sp³-hybridized carbons (Fsp3) is 0.143. The van der Waals surface area contributed by atoms with E-state index in [1.807, 2.05) is 25.1 Å². The molecule has 1 unspecified atom stereocenters. The summed E-state index contributed by atoms with van der Waals surface area (Å²) < 4.78 is 20.2. The van der Waals surface area contributed by atoms with E-state index in [-0.39, 0.29) is 11.9 Å². The van der Waals surface area contributed by atoms with Crippen molar-refractivity contribution in [3.8, 4) is 11.5 Å². The number of ether oxygens (including phenoxy) is 1. The van der Waals surface area contributed by atoms with Crippen LogP contribution in [0, 0.1) is 5.82 Å². The lowest BCUT2D eigenvalue weighted by Crippen LogP contribution is -2.06. The molecule has 5 heteroatoms. The van der Waals surface area contributed by atoms with E-state index < -0.39 is 0 Å². The molecule has 0 radical (unpaired) electrons. The van der Waals surface area contributed by atoms with Gasteiger partial charge in [-0.05, 0) is 53.2 Å². The van der Waals surface area contributed by atoms with Crippen LogP contribution < -0.4 is 10.5 Å². The first kappa shape index (κ1) is 14.5. The molecular weight excluding hydrogens is 377 g/mol. The predicted molar refractivity (Wildman–Crippen MR) is 80.9 cm³/mol. The number of halogens is 3. The van der Waals surface area contributed by atoms with Gasteiger partial charge in [0.15, 0.2) is 0 Å². The van der Waals surface area contributed by atoms with Gasteiger partial charge in [-0.3, -0.25) is 0 Å². The van der Waals surface area contributed by atoms with E-state index in [2.05, 4.69) is 31.9 Å². The summed E-state index contributed by atoms with van der Waals surface area (Å²) in [5, 5.41) is 0. The first-order valence-electron chi connectivity index (χ1n) is 5.65. The van der Waals surface area contributed by atoms with Crippen LogP contribution in [-0.4, -0.2) is 0 Å². The smallest absolute Gasteiger partial charge is 0.137 e. The van der Waals surface area contributed by atoms with Crippen molar-refractivity contribution in [2.75, 3.05) is 0 Å². The highest BCUT2D eigenvalue weighted by Gasteiger charge is 2.10. The maximum Gasteiger partial charge on any atom is 0.137 e. The number of hydrogen-bond donors (Lipinski definition) is 1. The molecule has 2 nitrogen and oxygen atoms in total. The van der Waals surface area contributed by atoms with Gasteiger partial charge in [-0.1, -0.05) is 22.0 Å². The molecule has 2 aromatic rings. The van der Waals surface area contributed by atoms with Gasteiger partial charge in [0.25, 0.3) is 0 Å². The van der Waals surface area contributed by atoms with Gasteiger partial charge in [-0.15, -0.1) is 0 Å². The molecule has 1 atom stereocenters. The summed E-state index contributed by atoms with van der Waals surface area (Å²) in [5.74, 6) is 0.880. The maximum absolute atomic E-state index is 13.2. The van der Waals surface area contributed by atoms with Crippen LogP contribution in [0.1, 0.15) is 18.5 Å². The predicted octanol–water partition coefficient (Wildman–Crippen LogP) is 5.16. The summed E-state index contributed by atoms with van der Waals surface area (Å²) in [5.41, 5.74) is 6.80. The summed E-state index contributed by atoms with van der Waals surface area (Å²) in [4.78, 5) is 0. The van der Waals surface area contributed by atoms with E-state index >= 15 is 0 Å². The summed E-state index contributed by atoms with van der Waals surface area (Å²) in [6.07, 6.45) is 0. The average Bonchev–Trinajstić information content (AvgIpc) is 2.33. The molecule has 0 aliphatic rings. The van der Waals surface area contributed by atoms with Gasteiger partial charge < -0.3 is 10.5 Å². The van der Waals surface area contributed by atoms with E-state index in [9.17, 15) is 4.39 Å². The lowest BCUT2D eigenvalue weighted by Gasteiger charge is -2.14. The Balaban J connectivity index is 2.36. The fourth-order valence-corrected chi connectivity index (χ4v) is 2.34. The topological polar surface area (TPSA) is 35.2 Å². The van der Waals surface area contributed by atoms with Crippen molar-refractivity contribution in [1.29, 1.82) is 0 Å². The quantitative estimate of drug-likeness (QED) is 0.787. The minimum atomic E-state index is -0.325. The van der Waals surface area contributed by atoms with Crippen molar-refractivity contribution in [2.24, 2.45) is 5.73 Å². The second-order valence-electron chi connectivity index (χ2n) is 4.15. The molecule has 0 spiro atoms. The third-order valence-electron chi connectivity index (χ3n) is 2.59. The van der Waals surface area contributed by atoms with Crippen molar-refractivity contribution < 1.29 is 9.13 Å². The van der Waals surface area contributed by atoms with Crippen LogP contribution in [0.5, 0.6) is 11.5 Å². The zero-order chi connectivity index (χ0) is 14.0. The number of nitrogens with two attached hydrogens (primary N) is 1. The lowest BCUT2D eigenvalue weighted by atomic mass is 10.1. The standard InChI is InChI=1S/C14H12Br2FNO/c1-8(18)11-4-2-9(15)6-14(11)19-10-3-5-13(17)12(16)7-10/h2-8H,18H2,1H3. The van der Waals surface area contributed by atoms with Crippen LogP contribution in [-0.2, 0) is 0 Å². The zero-order valence-corrected chi connectivity index (χ0v) is 13.3. The van der Waals surface area contributed by atoms with Crippen LogP contribution in [0.3, 0.4) is 0 Å². The van der Waals surface area contributed by atoms with Crippen molar-refractivity contribution >= 4 is 31.9 Å². The SMILES string of the molecule is CC(N)c1ccc(Br)cc1Oc1ccc(F)c(Br)c1. The Hall–Kier alpha value is -0.910. The van der Waals surface area contributed by atoms with E-state index in [1.165, 1.54) is 6.07 Å². The second-order valence-corrected chi connectivity index (χ2v) is 5.92. The molecule has 0 bridgehead atoms. The van der Waals surface area contributed by atoms with E-state index in [1.54, 1.807) is 12.1 Å². The molecule has 0 aromatic heterocycles. The van der Waals surface area contributed by atoms with Gasteiger partial charge in [0, 0.05) is 16.1 Å². The van der Waals surface area contributed by atoms with E-state index in [0.717, 1.165) is 10.0 Å². The molecule has 19 heavy (non-hydrogen) atoms. The van der Waals surface area contributed by atoms with Crippen molar-refractivity contribution in [1.82, 2.24) is 0 Å². The lowest BCUT2D eigenvalue weighted by molar-refractivity contribution is 0.469. The van der Waals surface area contributed by atoms with Crippen LogP contribution in [0.15, 0.2) is 45.3 Å². The summed E-state index contributed by atoms with van der Waals surface area (Å²) >= 11 is 6.53. The molecule has 2 aromatic carbocycles. The molecule has 0 aliphatic carbocycles. The van der Waals surface area contributed by atoms with Gasteiger partial charge >= 0.3 is 0 Å². The Morgan fingerprint density at radius 2 is 1.89 bits per heavy atom. The van der Waals surface area contributed by atoms with Crippen molar-refractivity contribution in [3.63, 3.8) is 0 Å². The Morgan fingerprint density at radius 1 is 1.16 bits per heavy atom. The minimum absolute atomic E-state index is 0.146. The molecule has 0 amide bonds. The zero-order valence-electron chi connectivity index (χ0n) is 10.2. The number of benzene rings is 2. The maximum atomic E-state index is 13.2. The van der Waals surface area contributed by atoms with E-state index in [4.69, 9.17) is 10.5 Å². The second kappa shape index (κ2) is 6.03. The Labute approximate surface area is 128 Å². The van der Waals surface area contributed by atoms with Crippen LogP contribution >= 0.6 is 31.9 Å². The highest BCUT2D eigenvalue weighted by molar-refractivity contribution is 9.10. The molecule has 0 fully saturated rings. The van der Waals surface area contributed by atoms with Gasteiger partial charge in [-0.2, -0.15) is 0 Å². The van der Waals surface area contributed by atoms with Crippen LogP contribution in [0.25, 0.3) is 0 Å². The number of hydrogen-bond acceptors (Lipinski definition) is 2. The van der Waals surface area contributed by atoms with Gasteiger partial charge in [0.2, 0.25) is 0 Å². The highest BCUT2D eigenvalue weighted by Crippen LogP contribution is 2.33. The molecule has 0 heterocycles. The molecule has 0 aliphatic heterocycles. The third kappa shape index (κ3) is 3.55. The molecular formula is C14H12Br2FNO. The first-order chi connectivity index (χ1) is 8.97. The molecule has 0 saturated heterocycles.